The molecule has 2 atom stereocenters. The molecule has 2 aromatic rings. The fraction of sp³-hybridized carbons (Fsp3) is 0.375. The van der Waals surface area contributed by atoms with Gasteiger partial charge in [0, 0.05) is 12.0 Å². The molecule has 1 N–H and O–H groups in total. The van der Waals surface area contributed by atoms with Gasteiger partial charge in [0.1, 0.15) is 0 Å². The molecule has 0 aliphatic rings. The zero-order valence-electron chi connectivity index (χ0n) is 18.0. The van der Waals surface area contributed by atoms with Gasteiger partial charge >= 0.3 is 5.97 Å². The summed E-state index contributed by atoms with van der Waals surface area (Å²) in [5.41, 5.74) is 0. The quantitative estimate of drug-likeness (QED) is 0.411. The lowest BCUT2D eigenvalue weighted by Gasteiger charge is -2.43. The maximum atomic E-state index is 11.3. The first-order valence-corrected chi connectivity index (χ1v) is 11.8. The highest BCUT2D eigenvalue weighted by Gasteiger charge is 2.50. The van der Waals surface area contributed by atoms with Crippen molar-refractivity contribution in [3.05, 3.63) is 72.8 Å². The van der Waals surface area contributed by atoms with Crippen molar-refractivity contribution in [3.63, 3.8) is 0 Å². The first-order chi connectivity index (χ1) is 13.7. The van der Waals surface area contributed by atoms with Gasteiger partial charge in [-0.05, 0) is 15.4 Å². The lowest BCUT2D eigenvalue weighted by atomic mass is 10.1. The number of aliphatic hydroxyl groups is 1. The molecular weight excluding hydrogens is 380 g/mol. The third kappa shape index (κ3) is 5.44. The molecule has 0 fully saturated rings. The van der Waals surface area contributed by atoms with Gasteiger partial charge in [0.2, 0.25) is 0 Å². The summed E-state index contributed by atoms with van der Waals surface area (Å²) in [7, 11) is -1.35. The molecule has 0 bridgehead atoms. The van der Waals surface area contributed by atoms with Gasteiger partial charge in [-0.2, -0.15) is 0 Å². The van der Waals surface area contributed by atoms with Gasteiger partial charge in [-0.1, -0.05) is 94.4 Å². The van der Waals surface area contributed by atoms with E-state index in [0.717, 1.165) is 0 Å². The van der Waals surface area contributed by atoms with E-state index in [1.807, 2.05) is 43.3 Å². The Balaban J connectivity index is 2.39. The normalized spacial score (nSPS) is 14.6. The van der Waals surface area contributed by atoms with Crippen LogP contribution in [-0.4, -0.2) is 39.2 Å². The van der Waals surface area contributed by atoms with Crippen molar-refractivity contribution >= 4 is 24.7 Å². The van der Waals surface area contributed by atoms with Crippen LogP contribution in [0.1, 0.15) is 27.7 Å². The number of benzene rings is 2. The highest BCUT2D eigenvalue weighted by molar-refractivity contribution is 6.99. The average molecular weight is 413 g/mol. The largest absolute Gasteiger partial charge is 0.466 e. The molecule has 0 radical (unpaired) electrons. The fourth-order valence-electron chi connectivity index (χ4n) is 3.55. The van der Waals surface area contributed by atoms with Gasteiger partial charge < -0.3 is 14.3 Å². The van der Waals surface area contributed by atoms with Crippen LogP contribution in [0.3, 0.4) is 0 Å². The lowest BCUT2D eigenvalue weighted by molar-refractivity contribution is -0.134. The summed E-state index contributed by atoms with van der Waals surface area (Å²) < 4.78 is 11.3. The Morgan fingerprint density at radius 2 is 1.52 bits per heavy atom. The Bertz CT molecular complexity index is 757. The topological polar surface area (TPSA) is 55.8 Å². The summed E-state index contributed by atoms with van der Waals surface area (Å²) in [6, 6.07) is 20.6. The molecule has 4 nitrogen and oxygen atoms in total. The van der Waals surface area contributed by atoms with E-state index in [1.54, 1.807) is 6.08 Å². The predicted molar refractivity (Wildman–Crippen MR) is 120 cm³/mol. The number of methoxy groups -OCH3 is 1. The van der Waals surface area contributed by atoms with Crippen LogP contribution < -0.4 is 10.4 Å². The van der Waals surface area contributed by atoms with E-state index in [-0.39, 0.29) is 17.6 Å². The van der Waals surface area contributed by atoms with Crippen LogP contribution in [0.25, 0.3) is 0 Å². The molecule has 0 aromatic heterocycles. The predicted octanol–water partition coefficient (Wildman–Crippen LogP) is 3.29. The summed E-state index contributed by atoms with van der Waals surface area (Å²) in [4.78, 5) is 11.3. The smallest absolute Gasteiger partial charge is 0.330 e. The fourth-order valence-corrected chi connectivity index (χ4v) is 8.13. The van der Waals surface area contributed by atoms with E-state index in [2.05, 4.69) is 49.8 Å². The molecular formula is C24H32O4Si. The maximum absolute atomic E-state index is 11.3. The second kappa shape index (κ2) is 10.0. The monoisotopic (exact) mass is 412 g/mol. The van der Waals surface area contributed by atoms with Gasteiger partial charge in [0.25, 0.3) is 8.32 Å². The summed E-state index contributed by atoms with van der Waals surface area (Å²) in [6.07, 6.45) is 2.26. The van der Waals surface area contributed by atoms with Crippen molar-refractivity contribution in [3.8, 4) is 0 Å². The summed E-state index contributed by atoms with van der Waals surface area (Å²) in [6.45, 7) is 8.64. The van der Waals surface area contributed by atoms with E-state index < -0.39 is 20.4 Å². The molecule has 0 saturated carbocycles. The van der Waals surface area contributed by atoms with Crippen molar-refractivity contribution in [2.75, 3.05) is 13.7 Å². The van der Waals surface area contributed by atoms with Gasteiger partial charge in [0.15, 0.2) is 0 Å². The zero-order chi connectivity index (χ0) is 21.5. The van der Waals surface area contributed by atoms with E-state index in [4.69, 9.17) is 4.43 Å². The third-order valence-corrected chi connectivity index (χ3v) is 10.2. The van der Waals surface area contributed by atoms with Crippen molar-refractivity contribution in [1.29, 1.82) is 0 Å². The van der Waals surface area contributed by atoms with Gasteiger partial charge in [-0.25, -0.2) is 4.79 Å². The Hall–Kier alpha value is -2.21. The summed E-state index contributed by atoms with van der Waals surface area (Å²) >= 11 is 0. The van der Waals surface area contributed by atoms with Gasteiger partial charge in [-0.15, -0.1) is 0 Å². The molecule has 29 heavy (non-hydrogen) atoms. The van der Waals surface area contributed by atoms with Crippen LogP contribution in [-0.2, 0) is 14.0 Å². The maximum Gasteiger partial charge on any atom is 0.330 e. The Morgan fingerprint density at radius 3 is 1.93 bits per heavy atom. The summed E-state index contributed by atoms with van der Waals surface area (Å²) in [5, 5.41) is 12.9. The number of aliphatic hydroxyl groups excluding tert-OH is 1. The van der Waals surface area contributed by atoms with Crippen molar-refractivity contribution in [2.45, 2.75) is 38.8 Å². The number of hydrogen-bond donors (Lipinski definition) is 1. The number of ether oxygens (including phenoxy) is 1. The van der Waals surface area contributed by atoms with Crippen molar-refractivity contribution in [2.24, 2.45) is 5.92 Å². The van der Waals surface area contributed by atoms with Gasteiger partial charge in [-0.3, -0.25) is 0 Å². The molecule has 0 spiro atoms. The van der Waals surface area contributed by atoms with Crippen molar-refractivity contribution in [1.82, 2.24) is 0 Å². The standard InChI is InChI=1S/C24H32O4Si/c1-19(16-17-23(26)27-5)22(25)18-28-29(24(2,3)4,20-12-8-6-9-13-20)21-14-10-7-11-15-21/h6-17,19,22,25H,18H2,1-5H3/b17-16+/t19-,22+/m1/s1. The second-order valence-electron chi connectivity index (χ2n) is 8.28. The van der Waals surface area contributed by atoms with E-state index in [1.165, 1.54) is 23.6 Å². The van der Waals surface area contributed by atoms with Crippen LogP contribution in [0.5, 0.6) is 0 Å². The van der Waals surface area contributed by atoms with Crippen LogP contribution in [0.2, 0.25) is 5.04 Å². The molecule has 0 aliphatic carbocycles. The summed E-state index contributed by atoms with van der Waals surface area (Å²) in [5.74, 6) is -0.677. The molecule has 0 aliphatic heterocycles. The number of rotatable bonds is 8. The number of carbonyl (C=O) groups is 1. The van der Waals surface area contributed by atoms with Crippen LogP contribution in [0.4, 0.5) is 0 Å². The molecule has 156 valence electrons. The lowest BCUT2D eigenvalue weighted by Crippen LogP contribution is -2.67. The third-order valence-electron chi connectivity index (χ3n) is 5.23. The SMILES string of the molecule is COC(=O)/C=C/[C@@H](C)[C@@H](O)CO[Si](c1ccccc1)(c1ccccc1)C(C)(C)C. The van der Waals surface area contributed by atoms with Crippen LogP contribution in [0.15, 0.2) is 72.8 Å². The molecule has 0 heterocycles. The highest BCUT2D eigenvalue weighted by atomic mass is 28.4. The number of esters is 1. The van der Waals surface area contributed by atoms with Gasteiger partial charge in [0.05, 0.1) is 19.8 Å². The number of hydrogen-bond acceptors (Lipinski definition) is 4. The molecule has 0 saturated heterocycles. The molecule has 5 heteroatoms. The molecule has 0 unspecified atom stereocenters. The molecule has 2 rings (SSSR count). The van der Waals surface area contributed by atoms with Crippen LogP contribution >= 0.6 is 0 Å². The average Bonchev–Trinajstić information content (AvgIpc) is 2.72. The minimum absolute atomic E-state index is 0.152. The highest BCUT2D eigenvalue weighted by Crippen LogP contribution is 2.37. The Morgan fingerprint density at radius 1 is 1.03 bits per heavy atom. The minimum Gasteiger partial charge on any atom is -0.466 e. The molecule has 2 aromatic carbocycles. The minimum atomic E-state index is -2.69. The van der Waals surface area contributed by atoms with E-state index in [0.29, 0.717) is 0 Å². The Labute approximate surface area is 175 Å². The zero-order valence-corrected chi connectivity index (χ0v) is 19.0. The molecule has 0 amide bonds. The van der Waals surface area contributed by atoms with E-state index in [9.17, 15) is 9.90 Å². The second-order valence-corrected chi connectivity index (χ2v) is 12.6. The van der Waals surface area contributed by atoms with Crippen molar-refractivity contribution < 1.29 is 19.1 Å². The van der Waals surface area contributed by atoms with E-state index >= 15 is 0 Å². The first kappa shape index (κ1) is 23.1. The Kier molecular flexibility index (Phi) is 7.96. The first-order valence-electron chi connectivity index (χ1n) is 9.91. The number of carbonyl (C=O) groups excluding carboxylic acids is 1. The van der Waals surface area contributed by atoms with Crippen LogP contribution in [0, 0.1) is 5.92 Å².